The van der Waals surface area contributed by atoms with Crippen molar-refractivity contribution in [2.75, 3.05) is 19.6 Å². The zero-order valence-corrected chi connectivity index (χ0v) is 17.3. The van der Waals surface area contributed by atoms with Crippen LogP contribution in [0.3, 0.4) is 0 Å². The number of amides is 3. The summed E-state index contributed by atoms with van der Waals surface area (Å²) in [5.41, 5.74) is 0.287. The van der Waals surface area contributed by atoms with Gasteiger partial charge in [-0.25, -0.2) is 19.4 Å². The molecule has 3 heterocycles. The molecule has 0 atom stereocenters. The summed E-state index contributed by atoms with van der Waals surface area (Å²) in [5.74, 6) is -0.928. The molecule has 0 saturated heterocycles. The Balaban J connectivity index is 1.33. The minimum absolute atomic E-state index is 0.0490. The molecular weight excluding hydrogens is 439 g/mol. The highest BCUT2D eigenvalue weighted by Crippen LogP contribution is 2.31. The van der Waals surface area contributed by atoms with E-state index in [9.17, 15) is 22.8 Å². The molecule has 0 bridgehead atoms. The highest BCUT2D eigenvalue weighted by molar-refractivity contribution is 5.95. The van der Waals surface area contributed by atoms with Gasteiger partial charge in [0, 0.05) is 44.0 Å². The molecule has 2 aromatic heterocycles. The van der Waals surface area contributed by atoms with E-state index < -0.39 is 23.3 Å². The molecule has 4 rings (SSSR count). The van der Waals surface area contributed by atoms with Gasteiger partial charge in [0.25, 0.3) is 5.91 Å². The maximum absolute atomic E-state index is 13.4. The maximum atomic E-state index is 13.4. The molecule has 0 unspecified atom stereocenters. The van der Waals surface area contributed by atoms with E-state index in [1.165, 1.54) is 6.33 Å². The van der Waals surface area contributed by atoms with Crippen molar-refractivity contribution < 1.29 is 22.8 Å². The topological polar surface area (TPSA) is 105 Å². The Hall–Kier alpha value is -3.96. The van der Waals surface area contributed by atoms with Crippen LogP contribution in [0.1, 0.15) is 27.3 Å². The van der Waals surface area contributed by atoms with Gasteiger partial charge in [0.15, 0.2) is 5.69 Å². The number of para-hydroxylation sites is 1. The largest absolute Gasteiger partial charge is 0.435 e. The maximum Gasteiger partial charge on any atom is 0.435 e. The molecule has 0 saturated carbocycles. The molecule has 3 aromatic rings. The van der Waals surface area contributed by atoms with Crippen molar-refractivity contribution in [2.45, 2.75) is 19.1 Å². The van der Waals surface area contributed by atoms with Crippen LogP contribution >= 0.6 is 0 Å². The van der Waals surface area contributed by atoms with E-state index in [1.54, 1.807) is 41.4 Å². The summed E-state index contributed by atoms with van der Waals surface area (Å²) in [4.78, 5) is 34.5. The number of fused-ring (bicyclic) bond motifs is 1. The average Bonchev–Trinajstić information content (AvgIpc) is 3.28. The molecule has 33 heavy (non-hydrogen) atoms. The lowest BCUT2D eigenvalue weighted by Gasteiger charge is -2.27. The first-order chi connectivity index (χ1) is 15.8. The van der Waals surface area contributed by atoms with Crippen LogP contribution in [0.15, 0.2) is 49.1 Å². The lowest BCUT2D eigenvalue weighted by Crippen LogP contribution is -2.45. The molecular formula is C21H20F3N7O2. The summed E-state index contributed by atoms with van der Waals surface area (Å²) < 4.78 is 41.3. The molecule has 1 aliphatic heterocycles. The van der Waals surface area contributed by atoms with E-state index in [0.717, 1.165) is 22.1 Å². The molecule has 1 aromatic carbocycles. The van der Waals surface area contributed by atoms with Crippen molar-refractivity contribution in [3.63, 3.8) is 0 Å². The Morgan fingerprint density at radius 2 is 1.85 bits per heavy atom. The normalized spacial score (nSPS) is 13.4. The number of alkyl halides is 3. The molecule has 1 aliphatic rings. The minimum Gasteiger partial charge on any atom is -0.350 e. The first kappa shape index (κ1) is 22.2. The number of urea groups is 1. The Bertz CT molecular complexity index is 1150. The molecule has 0 fully saturated rings. The summed E-state index contributed by atoms with van der Waals surface area (Å²) in [6.45, 7) is 0.844. The zero-order chi connectivity index (χ0) is 23.4. The van der Waals surface area contributed by atoms with Crippen LogP contribution in [0, 0.1) is 0 Å². The third-order valence-corrected chi connectivity index (χ3v) is 5.08. The van der Waals surface area contributed by atoms with Gasteiger partial charge < -0.3 is 15.5 Å². The van der Waals surface area contributed by atoms with Crippen molar-refractivity contribution in [3.8, 4) is 5.69 Å². The zero-order valence-electron chi connectivity index (χ0n) is 17.3. The highest BCUT2D eigenvalue weighted by atomic mass is 19.4. The monoisotopic (exact) mass is 459 g/mol. The predicted molar refractivity (Wildman–Crippen MR) is 110 cm³/mol. The predicted octanol–water partition coefficient (Wildman–Crippen LogP) is 2.18. The molecule has 172 valence electrons. The fourth-order valence-electron chi connectivity index (χ4n) is 3.45. The van der Waals surface area contributed by atoms with Crippen LogP contribution in [0.2, 0.25) is 0 Å². The fraction of sp³-hybridized carbons (Fsp3) is 0.286. The van der Waals surface area contributed by atoms with Gasteiger partial charge in [0.1, 0.15) is 6.33 Å². The van der Waals surface area contributed by atoms with Gasteiger partial charge in [-0.2, -0.15) is 18.3 Å². The van der Waals surface area contributed by atoms with Crippen molar-refractivity contribution >= 4 is 11.9 Å². The van der Waals surface area contributed by atoms with Crippen LogP contribution in [0.4, 0.5) is 18.0 Å². The first-order valence-corrected chi connectivity index (χ1v) is 10.1. The van der Waals surface area contributed by atoms with E-state index in [0.29, 0.717) is 25.2 Å². The number of carbonyl (C=O) groups excluding carboxylic acids is 2. The van der Waals surface area contributed by atoms with E-state index in [2.05, 4.69) is 25.7 Å². The Morgan fingerprint density at radius 3 is 2.61 bits per heavy atom. The van der Waals surface area contributed by atoms with Crippen molar-refractivity contribution in [1.29, 1.82) is 0 Å². The second kappa shape index (κ2) is 9.27. The van der Waals surface area contributed by atoms with E-state index in [4.69, 9.17) is 0 Å². The van der Waals surface area contributed by atoms with E-state index in [-0.39, 0.29) is 19.1 Å². The number of halogens is 3. The van der Waals surface area contributed by atoms with Crippen LogP contribution in [-0.4, -0.2) is 56.2 Å². The third-order valence-electron chi connectivity index (χ3n) is 5.08. The smallest absolute Gasteiger partial charge is 0.350 e. The van der Waals surface area contributed by atoms with Crippen LogP contribution in [0.25, 0.3) is 5.69 Å². The second-order valence-electron chi connectivity index (χ2n) is 7.32. The SMILES string of the molecule is O=C(NCCNC(=O)N1CCc2ncncc2C1)c1cn(-c2ccccc2)nc1C(F)(F)F. The van der Waals surface area contributed by atoms with Crippen molar-refractivity contribution in [1.82, 2.24) is 35.3 Å². The Kier molecular flexibility index (Phi) is 6.24. The van der Waals surface area contributed by atoms with Gasteiger partial charge in [0.2, 0.25) is 0 Å². The van der Waals surface area contributed by atoms with Crippen LogP contribution in [-0.2, 0) is 19.1 Å². The minimum atomic E-state index is -4.80. The van der Waals surface area contributed by atoms with E-state index >= 15 is 0 Å². The van der Waals surface area contributed by atoms with Gasteiger partial charge >= 0.3 is 12.2 Å². The Labute approximate surface area is 186 Å². The standard InChI is InChI=1S/C21H20F3N7O2/c22-21(23,24)18-16(12-31(29-18)15-4-2-1-3-5-15)19(32)26-7-8-27-20(33)30-9-6-17-14(11-30)10-25-13-28-17/h1-5,10,12-13H,6-9,11H2,(H,26,32)(H,27,33). The number of benzene rings is 1. The van der Waals surface area contributed by atoms with Gasteiger partial charge in [-0.3, -0.25) is 4.79 Å². The number of nitrogens with zero attached hydrogens (tertiary/aromatic N) is 5. The first-order valence-electron chi connectivity index (χ1n) is 10.1. The number of nitrogens with one attached hydrogen (secondary N) is 2. The van der Waals surface area contributed by atoms with Gasteiger partial charge in [-0.15, -0.1) is 0 Å². The third kappa shape index (κ3) is 5.10. The Morgan fingerprint density at radius 1 is 1.09 bits per heavy atom. The molecule has 12 heteroatoms. The molecule has 0 radical (unpaired) electrons. The quantitative estimate of drug-likeness (QED) is 0.569. The van der Waals surface area contributed by atoms with Gasteiger partial charge in [-0.1, -0.05) is 18.2 Å². The lowest BCUT2D eigenvalue weighted by molar-refractivity contribution is -0.141. The number of hydrogen-bond donors (Lipinski definition) is 2. The number of rotatable bonds is 5. The highest BCUT2D eigenvalue weighted by Gasteiger charge is 2.39. The van der Waals surface area contributed by atoms with E-state index in [1.807, 2.05) is 0 Å². The summed E-state index contributed by atoms with van der Waals surface area (Å²) in [6.07, 6.45) is -0.0248. The number of carbonyl (C=O) groups is 2. The van der Waals surface area contributed by atoms with Gasteiger partial charge in [-0.05, 0) is 12.1 Å². The molecule has 0 spiro atoms. The molecule has 0 aliphatic carbocycles. The lowest BCUT2D eigenvalue weighted by atomic mass is 10.1. The van der Waals surface area contributed by atoms with Crippen LogP contribution < -0.4 is 10.6 Å². The number of hydrogen-bond acceptors (Lipinski definition) is 5. The summed E-state index contributed by atoms with van der Waals surface area (Å²) in [7, 11) is 0. The summed E-state index contributed by atoms with van der Waals surface area (Å²) in [6, 6.07) is 7.84. The molecule has 2 N–H and O–H groups in total. The second-order valence-corrected chi connectivity index (χ2v) is 7.32. The van der Waals surface area contributed by atoms with Crippen molar-refractivity contribution in [2.24, 2.45) is 0 Å². The van der Waals surface area contributed by atoms with Crippen molar-refractivity contribution in [3.05, 3.63) is 71.6 Å². The molecule has 9 nitrogen and oxygen atoms in total. The summed E-state index contributed by atoms with van der Waals surface area (Å²) >= 11 is 0. The molecule has 3 amide bonds. The van der Waals surface area contributed by atoms with Gasteiger partial charge in [0.05, 0.1) is 23.5 Å². The average molecular weight is 459 g/mol. The van der Waals surface area contributed by atoms with Crippen LogP contribution in [0.5, 0.6) is 0 Å². The number of aromatic nitrogens is 4. The summed E-state index contributed by atoms with van der Waals surface area (Å²) in [5, 5.41) is 8.61. The fourth-order valence-corrected chi connectivity index (χ4v) is 3.45.